The Kier molecular flexibility index (Phi) is 19.1. The summed E-state index contributed by atoms with van der Waals surface area (Å²) in [6.45, 7) is 24.2. The van der Waals surface area contributed by atoms with E-state index in [4.69, 9.17) is 17.3 Å². The Bertz CT molecular complexity index is 509. The second-order valence-electron chi connectivity index (χ2n) is 5.72. The van der Waals surface area contributed by atoms with Crippen molar-refractivity contribution in [3.63, 3.8) is 0 Å². The van der Waals surface area contributed by atoms with Gasteiger partial charge in [0, 0.05) is 16.9 Å². The first-order valence-electron chi connectivity index (χ1n) is 9.73. The lowest BCUT2D eigenvalue weighted by atomic mass is 10.0. The summed E-state index contributed by atoms with van der Waals surface area (Å²) in [6, 6.07) is 0. The molecule has 0 aliphatic heterocycles. The van der Waals surface area contributed by atoms with Gasteiger partial charge in [-0.25, -0.2) is 4.98 Å². The minimum Gasteiger partial charge on any atom is -0.369 e. The van der Waals surface area contributed by atoms with Crippen LogP contribution in [0, 0.1) is 18.3 Å². The number of aryl methyl sites for hydroxylation is 1. The zero-order valence-electron chi connectivity index (χ0n) is 18.7. The number of hydrogen-bond acceptors (Lipinski definition) is 2. The maximum atomic E-state index is 5.94. The van der Waals surface area contributed by atoms with E-state index in [1.165, 1.54) is 12.0 Å². The summed E-state index contributed by atoms with van der Waals surface area (Å²) in [5.41, 5.74) is 7.93. The Labute approximate surface area is 167 Å². The molecule has 0 bridgehead atoms. The van der Waals surface area contributed by atoms with Crippen molar-refractivity contribution in [2.24, 2.45) is 11.3 Å². The van der Waals surface area contributed by atoms with Crippen molar-refractivity contribution in [1.29, 1.82) is 0 Å². The predicted molar refractivity (Wildman–Crippen MR) is 122 cm³/mol. The number of nitrogens with zero attached hydrogens (tertiary/aromatic N) is 1. The molecule has 1 aromatic heterocycles. The number of imidazole rings is 1. The van der Waals surface area contributed by atoms with Crippen LogP contribution in [0.3, 0.4) is 0 Å². The standard InChI is InChI=1S/C12H17Cl.C4H7N3.3C2H6/c1-5-9(7-10(13)6-2)11-8-12(11,3)4;1-3-2-6-4(5)7-3;3*1-2/h5-7,11H,1,8H2,2-4H3;2H,1H3,(H3,5,6,7);3*1-2H3/b9-7+,10-6+;;;;/t11-;;;;/m0..../s1. The molecule has 1 aliphatic rings. The van der Waals surface area contributed by atoms with E-state index in [9.17, 15) is 0 Å². The van der Waals surface area contributed by atoms with Crippen molar-refractivity contribution in [1.82, 2.24) is 9.97 Å². The maximum Gasteiger partial charge on any atom is 0.197 e. The Hall–Kier alpha value is -1.48. The van der Waals surface area contributed by atoms with Gasteiger partial charge in [0.1, 0.15) is 0 Å². The maximum absolute atomic E-state index is 5.94. The summed E-state index contributed by atoms with van der Waals surface area (Å²) in [5.74, 6) is 1.14. The highest BCUT2D eigenvalue weighted by Crippen LogP contribution is 2.56. The highest BCUT2D eigenvalue weighted by molar-refractivity contribution is 6.31. The van der Waals surface area contributed by atoms with Crippen LogP contribution in [0.1, 0.15) is 74.4 Å². The number of aromatic amines is 1. The molecule has 0 aromatic carbocycles. The molecule has 3 nitrogen and oxygen atoms in total. The molecule has 1 aromatic rings. The van der Waals surface area contributed by atoms with Gasteiger partial charge in [0.2, 0.25) is 0 Å². The fraction of sp³-hybridized carbons (Fsp3) is 0.591. The number of H-pyrrole nitrogens is 1. The van der Waals surface area contributed by atoms with Crippen molar-refractivity contribution >= 4 is 17.5 Å². The van der Waals surface area contributed by atoms with Crippen molar-refractivity contribution in [3.05, 3.63) is 47.3 Å². The van der Waals surface area contributed by atoms with Crippen LogP contribution in [0.25, 0.3) is 0 Å². The van der Waals surface area contributed by atoms with E-state index >= 15 is 0 Å². The summed E-state index contributed by atoms with van der Waals surface area (Å²) in [6.07, 6.45) is 8.79. The van der Waals surface area contributed by atoms with Gasteiger partial charge in [-0.05, 0) is 43.3 Å². The predicted octanol–water partition coefficient (Wildman–Crippen LogP) is 7.67. The van der Waals surface area contributed by atoms with Gasteiger partial charge in [-0.2, -0.15) is 0 Å². The van der Waals surface area contributed by atoms with Crippen molar-refractivity contribution < 1.29 is 0 Å². The first kappa shape index (κ1) is 29.3. The Morgan fingerprint density at radius 1 is 1.27 bits per heavy atom. The van der Waals surface area contributed by atoms with Gasteiger partial charge in [-0.1, -0.05) is 85.7 Å². The highest BCUT2D eigenvalue weighted by atomic mass is 35.5. The number of rotatable bonds is 3. The van der Waals surface area contributed by atoms with E-state index in [1.54, 1.807) is 6.20 Å². The first-order valence-corrected chi connectivity index (χ1v) is 10.1. The number of hydrogen-bond donors (Lipinski definition) is 2. The van der Waals surface area contributed by atoms with E-state index in [0.29, 0.717) is 17.3 Å². The van der Waals surface area contributed by atoms with Gasteiger partial charge >= 0.3 is 0 Å². The summed E-state index contributed by atoms with van der Waals surface area (Å²) >= 11 is 5.94. The van der Waals surface area contributed by atoms with Crippen molar-refractivity contribution in [3.8, 4) is 0 Å². The summed E-state index contributed by atoms with van der Waals surface area (Å²) < 4.78 is 0. The zero-order chi connectivity index (χ0) is 21.3. The fourth-order valence-electron chi connectivity index (χ4n) is 2.01. The smallest absolute Gasteiger partial charge is 0.197 e. The third-order valence-corrected chi connectivity index (χ3v) is 3.78. The lowest BCUT2D eigenvalue weighted by Crippen LogP contribution is -1.92. The Morgan fingerprint density at radius 3 is 1.92 bits per heavy atom. The van der Waals surface area contributed by atoms with Crippen molar-refractivity contribution in [2.45, 2.75) is 75.7 Å². The van der Waals surface area contributed by atoms with E-state index in [1.807, 2.05) is 73.6 Å². The lowest BCUT2D eigenvalue weighted by Gasteiger charge is -2.03. The van der Waals surface area contributed by atoms with Crippen LogP contribution in [-0.4, -0.2) is 9.97 Å². The minimum absolute atomic E-state index is 0.449. The average molecular weight is 384 g/mol. The lowest BCUT2D eigenvalue weighted by molar-refractivity contribution is 0.602. The number of anilines is 1. The van der Waals surface area contributed by atoms with Gasteiger partial charge in [-0.15, -0.1) is 0 Å². The number of aromatic nitrogens is 2. The molecule has 1 fully saturated rings. The third-order valence-electron chi connectivity index (χ3n) is 3.45. The Morgan fingerprint density at radius 2 is 1.73 bits per heavy atom. The van der Waals surface area contributed by atoms with Gasteiger partial charge in [-0.3, -0.25) is 0 Å². The normalized spacial score (nSPS) is 16.8. The Balaban J connectivity index is -0.000000343. The van der Waals surface area contributed by atoms with E-state index in [-0.39, 0.29) is 0 Å². The molecule has 2 rings (SSSR count). The van der Waals surface area contributed by atoms with Crippen LogP contribution >= 0.6 is 11.6 Å². The highest BCUT2D eigenvalue weighted by Gasteiger charge is 2.46. The average Bonchev–Trinajstić information content (AvgIpc) is 3.13. The summed E-state index contributed by atoms with van der Waals surface area (Å²) in [7, 11) is 0. The first-order chi connectivity index (χ1) is 12.3. The molecule has 0 saturated heterocycles. The van der Waals surface area contributed by atoms with Crippen LogP contribution in [0.5, 0.6) is 0 Å². The number of halogens is 1. The summed E-state index contributed by atoms with van der Waals surface area (Å²) in [4.78, 5) is 6.54. The van der Waals surface area contributed by atoms with Gasteiger partial charge < -0.3 is 10.7 Å². The van der Waals surface area contributed by atoms with E-state index in [2.05, 4.69) is 30.4 Å². The molecule has 26 heavy (non-hydrogen) atoms. The monoisotopic (exact) mass is 383 g/mol. The third kappa shape index (κ3) is 12.8. The molecule has 1 aliphatic carbocycles. The number of nitrogens with two attached hydrogens (primary N) is 1. The van der Waals surface area contributed by atoms with Crippen LogP contribution < -0.4 is 5.73 Å². The van der Waals surface area contributed by atoms with Gasteiger partial charge in [0.25, 0.3) is 0 Å². The molecular weight excluding hydrogens is 342 g/mol. The van der Waals surface area contributed by atoms with Gasteiger partial charge in [0.05, 0.1) is 0 Å². The molecule has 0 amide bonds. The SMILES string of the molecule is C=C/C(=C\C(Cl)=C/C)[C@@H]1CC1(C)C.CC.CC.CC.Cc1cnc(N)[nH]1. The molecule has 0 unspecified atom stereocenters. The van der Waals surface area contributed by atoms with Crippen molar-refractivity contribution in [2.75, 3.05) is 5.73 Å². The van der Waals surface area contributed by atoms with Crippen LogP contribution in [0.4, 0.5) is 5.95 Å². The summed E-state index contributed by atoms with van der Waals surface area (Å²) in [5, 5.41) is 0.803. The topological polar surface area (TPSA) is 54.7 Å². The molecule has 0 spiro atoms. The van der Waals surface area contributed by atoms with Crippen LogP contribution in [0.2, 0.25) is 0 Å². The van der Waals surface area contributed by atoms with Gasteiger partial charge in [0.15, 0.2) is 5.95 Å². The van der Waals surface area contributed by atoms with Crippen LogP contribution in [0.15, 0.2) is 41.6 Å². The fourth-order valence-corrected chi connectivity index (χ4v) is 2.14. The number of nitrogen functional groups attached to an aromatic ring is 1. The zero-order valence-corrected chi connectivity index (χ0v) is 19.5. The molecule has 3 N–H and O–H groups in total. The van der Waals surface area contributed by atoms with Crippen LogP contribution in [-0.2, 0) is 0 Å². The second-order valence-corrected chi connectivity index (χ2v) is 6.16. The van der Waals surface area contributed by atoms with E-state index < -0.39 is 0 Å². The molecule has 1 saturated carbocycles. The molecular formula is C22H42ClN3. The second kappa shape index (κ2) is 17.0. The number of nitrogens with one attached hydrogen (secondary N) is 1. The van der Waals surface area contributed by atoms with E-state index in [0.717, 1.165) is 10.7 Å². The molecule has 1 atom stereocenters. The quantitative estimate of drug-likeness (QED) is 0.526. The molecule has 4 heteroatoms. The molecule has 0 radical (unpaired) electrons. The minimum atomic E-state index is 0.449. The largest absolute Gasteiger partial charge is 0.369 e. The molecule has 152 valence electrons. The molecule has 1 heterocycles. The number of allylic oxidation sites excluding steroid dienone is 5.